The molecule has 0 saturated carbocycles. The van der Waals surface area contributed by atoms with E-state index >= 15 is 0 Å². The Morgan fingerprint density at radius 1 is 0.842 bits per heavy atom. The number of benzene rings is 2. The van der Waals surface area contributed by atoms with Crippen molar-refractivity contribution >= 4 is 18.0 Å². The van der Waals surface area contributed by atoms with Crippen LogP contribution < -0.4 is 15.7 Å². The Morgan fingerprint density at radius 2 is 1.26 bits per heavy atom. The summed E-state index contributed by atoms with van der Waals surface area (Å²) in [6.07, 6.45) is 0. The van der Waals surface area contributed by atoms with Crippen molar-refractivity contribution in [2.45, 2.75) is 13.8 Å². The Morgan fingerprint density at radius 3 is 1.63 bits per heavy atom. The Balaban J connectivity index is 2.39. The van der Waals surface area contributed by atoms with Gasteiger partial charge in [0.2, 0.25) is 0 Å². The molecule has 19 heavy (non-hydrogen) atoms. The lowest BCUT2D eigenvalue weighted by Crippen LogP contribution is -2.34. The van der Waals surface area contributed by atoms with Crippen LogP contribution in [0.15, 0.2) is 60.7 Å². The lowest BCUT2D eigenvalue weighted by molar-refractivity contribution is 0.636. The molecule has 0 unspecified atom stereocenters. The van der Waals surface area contributed by atoms with Crippen molar-refractivity contribution in [1.82, 2.24) is 5.09 Å². The highest BCUT2D eigenvalue weighted by atomic mass is 31.2. The molecule has 0 radical (unpaired) electrons. The lowest BCUT2D eigenvalue weighted by atomic mass is 10.2. The van der Waals surface area contributed by atoms with E-state index in [1.165, 1.54) is 10.6 Å². The van der Waals surface area contributed by atoms with Crippen molar-refractivity contribution < 1.29 is 0 Å². The normalized spacial score (nSPS) is 11.8. The van der Waals surface area contributed by atoms with Crippen LogP contribution in [-0.4, -0.2) is 13.2 Å². The minimum Gasteiger partial charge on any atom is -0.183 e. The van der Waals surface area contributed by atoms with Crippen LogP contribution in [0.25, 0.3) is 0 Å². The second-order valence-corrected chi connectivity index (χ2v) is 8.79. The second-order valence-electron chi connectivity index (χ2n) is 5.43. The molecule has 2 aromatic rings. The fraction of sp³-hybridized carbons (Fsp3) is 0.294. The van der Waals surface area contributed by atoms with Crippen LogP contribution in [0.1, 0.15) is 13.8 Å². The van der Waals surface area contributed by atoms with Crippen LogP contribution in [0.3, 0.4) is 0 Å². The molecule has 2 heteroatoms. The minimum absolute atomic E-state index is 0.659. The van der Waals surface area contributed by atoms with E-state index < -0.39 is 7.41 Å². The van der Waals surface area contributed by atoms with E-state index in [4.69, 9.17) is 0 Å². The van der Waals surface area contributed by atoms with Crippen LogP contribution >= 0.6 is 7.41 Å². The van der Waals surface area contributed by atoms with Gasteiger partial charge in [-0.25, -0.2) is 0 Å². The average Bonchev–Trinajstić information content (AvgIpc) is 2.46. The molecule has 0 saturated heterocycles. The zero-order valence-corrected chi connectivity index (χ0v) is 12.9. The summed E-state index contributed by atoms with van der Waals surface area (Å²) in [4.78, 5) is 0. The Hall–Kier alpha value is -1.17. The predicted octanol–water partition coefficient (Wildman–Crippen LogP) is 3.45. The molecule has 0 amide bonds. The van der Waals surface area contributed by atoms with Gasteiger partial charge in [0.25, 0.3) is 0 Å². The molecule has 0 heterocycles. The summed E-state index contributed by atoms with van der Waals surface area (Å²) in [5, 5.41) is 6.68. The number of rotatable bonds is 5. The van der Waals surface area contributed by atoms with Crippen LogP contribution in [0.2, 0.25) is 0 Å². The molecular formula is C17H23NP+. The summed E-state index contributed by atoms with van der Waals surface area (Å²) >= 11 is 0. The fourth-order valence-corrected chi connectivity index (χ4v) is 5.08. The van der Waals surface area contributed by atoms with Gasteiger partial charge < -0.3 is 0 Å². The van der Waals surface area contributed by atoms with Crippen LogP contribution in [0.4, 0.5) is 0 Å². The maximum atomic E-state index is 3.84. The standard InChI is InChI=1S/C17H23NP/c1-15(2)14-18-19(3,16-10-6-4-7-11-16)17-12-8-5-9-13-17/h4-13,15,18H,14H2,1-3H3/q+1. The van der Waals surface area contributed by atoms with Gasteiger partial charge in [-0.3, -0.25) is 0 Å². The fourth-order valence-electron chi connectivity index (χ4n) is 2.15. The molecule has 0 bridgehead atoms. The highest BCUT2D eigenvalue weighted by Crippen LogP contribution is 2.48. The van der Waals surface area contributed by atoms with E-state index in [9.17, 15) is 0 Å². The Bertz CT molecular complexity index is 454. The first-order valence-electron chi connectivity index (χ1n) is 6.86. The summed E-state index contributed by atoms with van der Waals surface area (Å²) in [5.41, 5.74) is 0. The molecule has 1 N–H and O–H groups in total. The van der Waals surface area contributed by atoms with E-state index in [0.717, 1.165) is 6.54 Å². The van der Waals surface area contributed by atoms with E-state index in [-0.39, 0.29) is 0 Å². The smallest absolute Gasteiger partial charge is 0.142 e. The molecule has 100 valence electrons. The SMILES string of the molecule is CC(C)CN[P+](C)(c1ccccc1)c1ccccc1. The first kappa shape index (κ1) is 14.2. The molecule has 0 aliphatic carbocycles. The lowest BCUT2D eigenvalue weighted by Gasteiger charge is -2.24. The maximum Gasteiger partial charge on any atom is 0.142 e. The van der Waals surface area contributed by atoms with Crippen molar-refractivity contribution in [3.05, 3.63) is 60.7 Å². The molecule has 2 rings (SSSR count). The summed E-state index contributed by atoms with van der Waals surface area (Å²) in [5.74, 6) is 0.659. The number of hydrogen-bond acceptors (Lipinski definition) is 1. The van der Waals surface area contributed by atoms with Crippen LogP contribution in [-0.2, 0) is 0 Å². The molecule has 0 aliphatic heterocycles. The van der Waals surface area contributed by atoms with Gasteiger partial charge in [-0.15, -0.1) is 0 Å². The average molecular weight is 272 g/mol. The molecule has 0 atom stereocenters. The highest BCUT2D eigenvalue weighted by Gasteiger charge is 2.37. The van der Waals surface area contributed by atoms with Gasteiger partial charge >= 0.3 is 0 Å². The molecule has 0 spiro atoms. The van der Waals surface area contributed by atoms with Gasteiger partial charge in [0.15, 0.2) is 0 Å². The topological polar surface area (TPSA) is 12.0 Å². The minimum atomic E-state index is -1.48. The number of hydrogen-bond donors (Lipinski definition) is 1. The molecule has 2 aromatic carbocycles. The van der Waals surface area contributed by atoms with E-state index in [1.807, 2.05) is 0 Å². The van der Waals surface area contributed by atoms with Crippen LogP contribution in [0.5, 0.6) is 0 Å². The predicted molar refractivity (Wildman–Crippen MR) is 87.8 cm³/mol. The van der Waals surface area contributed by atoms with Gasteiger partial charge in [0.1, 0.15) is 18.0 Å². The molecular weight excluding hydrogens is 249 g/mol. The van der Waals surface area contributed by atoms with Crippen molar-refractivity contribution in [2.24, 2.45) is 5.92 Å². The first-order chi connectivity index (χ1) is 9.13. The Kier molecular flexibility index (Phi) is 4.74. The summed E-state index contributed by atoms with van der Waals surface area (Å²) in [6.45, 7) is 7.94. The van der Waals surface area contributed by atoms with Gasteiger partial charge in [-0.05, 0) is 30.2 Å². The molecule has 1 nitrogen and oxygen atoms in total. The van der Waals surface area contributed by atoms with Gasteiger partial charge in [0.05, 0.1) is 6.66 Å². The third-order valence-corrected chi connectivity index (χ3v) is 6.84. The molecule has 0 aliphatic rings. The van der Waals surface area contributed by atoms with Gasteiger partial charge in [0, 0.05) is 6.54 Å². The molecule has 0 aromatic heterocycles. The van der Waals surface area contributed by atoms with Gasteiger partial charge in [-0.1, -0.05) is 50.2 Å². The van der Waals surface area contributed by atoms with Crippen molar-refractivity contribution in [1.29, 1.82) is 0 Å². The summed E-state index contributed by atoms with van der Waals surface area (Å²) in [7, 11) is -1.48. The van der Waals surface area contributed by atoms with Crippen molar-refractivity contribution in [3.8, 4) is 0 Å². The molecule has 0 fully saturated rings. The largest absolute Gasteiger partial charge is 0.183 e. The van der Waals surface area contributed by atoms with Crippen molar-refractivity contribution in [2.75, 3.05) is 13.2 Å². The van der Waals surface area contributed by atoms with E-state index in [2.05, 4.69) is 86.3 Å². The summed E-state index contributed by atoms with van der Waals surface area (Å²) in [6, 6.07) is 21.7. The maximum absolute atomic E-state index is 3.84. The first-order valence-corrected chi connectivity index (χ1v) is 9.09. The van der Waals surface area contributed by atoms with Crippen molar-refractivity contribution in [3.63, 3.8) is 0 Å². The van der Waals surface area contributed by atoms with E-state index in [1.54, 1.807) is 0 Å². The summed E-state index contributed by atoms with van der Waals surface area (Å²) < 4.78 is 0. The van der Waals surface area contributed by atoms with E-state index in [0.29, 0.717) is 5.92 Å². The quantitative estimate of drug-likeness (QED) is 0.822. The zero-order valence-electron chi connectivity index (χ0n) is 12.0. The van der Waals surface area contributed by atoms with Gasteiger partial charge in [-0.2, -0.15) is 5.09 Å². The number of nitrogens with one attached hydrogen (secondary N) is 1. The zero-order chi connectivity index (χ0) is 13.7. The highest BCUT2D eigenvalue weighted by molar-refractivity contribution is 7.87. The second kappa shape index (κ2) is 6.32. The Labute approximate surface area is 117 Å². The third kappa shape index (κ3) is 3.43. The monoisotopic (exact) mass is 272 g/mol. The van der Waals surface area contributed by atoms with Crippen LogP contribution in [0, 0.1) is 5.92 Å². The third-order valence-electron chi connectivity index (χ3n) is 3.36.